The Labute approximate surface area is 61.7 Å². The molecule has 3 heteroatoms. The molecule has 0 saturated carbocycles. The largest absolute Gasteiger partial charge is 0.359 e. The molecule has 1 atom stereocenters. The van der Waals surface area contributed by atoms with Gasteiger partial charge in [0.15, 0.2) is 0 Å². The van der Waals surface area contributed by atoms with Crippen LogP contribution in [0.3, 0.4) is 0 Å². The van der Waals surface area contributed by atoms with Gasteiger partial charge in [-0.1, -0.05) is 0 Å². The molecule has 0 spiro atoms. The first-order valence-electron chi connectivity index (χ1n) is 3.74. The highest BCUT2D eigenvalue weighted by Gasteiger charge is 2.11. The number of methoxy groups -OCH3 is 1. The fraction of sp³-hybridized carbons (Fsp3) is 1.00. The van der Waals surface area contributed by atoms with Gasteiger partial charge in [0, 0.05) is 13.7 Å². The Bertz CT molecular complexity index is 81.7. The van der Waals surface area contributed by atoms with Crippen LogP contribution in [0.15, 0.2) is 0 Å². The zero-order valence-corrected chi connectivity index (χ0v) is 6.43. The van der Waals surface area contributed by atoms with Gasteiger partial charge in [-0.05, 0) is 19.4 Å². The molecule has 1 fully saturated rings. The molecule has 1 aliphatic heterocycles. The third-order valence-electron chi connectivity index (χ3n) is 1.67. The number of piperidine rings is 1. The Hall–Kier alpha value is -0.120. The molecule has 1 aliphatic rings. The van der Waals surface area contributed by atoms with Crippen molar-refractivity contribution in [1.82, 2.24) is 5.32 Å². The third-order valence-corrected chi connectivity index (χ3v) is 1.67. The zero-order chi connectivity index (χ0) is 7.23. The van der Waals surface area contributed by atoms with Gasteiger partial charge in [0.2, 0.25) is 0 Å². The molecule has 0 bridgehead atoms. The van der Waals surface area contributed by atoms with E-state index in [2.05, 4.69) is 5.32 Å². The van der Waals surface area contributed by atoms with E-state index >= 15 is 0 Å². The molecule has 1 heterocycles. The van der Waals surface area contributed by atoms with E-state index in [0.29, 0.717) is 12.9 Å². The number of hydrogen-bond donors (Lipinski definition) is 1. The fourth-order valence-electron chi connectivity index (χ4n) is 1.13. The smallest absolute Gasteiger partial charge is 0.146 e. The first-order chi connectivity index (χ1) is 4.93. The second-order valence-electron chi connectivity index (χ2n) is 2.54. The standard InChI is InChI=1S/C7H15NO2/c1-9-6-10-7-3-2-4-8-5-7/h7-8H,2-6H2,1H3. The molecule has 3 nitrogen and oxygen atoms in total. The van der Waals surface area contributed by atoms with Gasteiger partial charge in [0.05, 0.1) is 6.10 Å². The van der Waals surface area contributed by atoms with Crippen molar-refractivity contribution in [2.45, 2.75) is 18.9 Å². The van der Waals surface area contributed by atoms with Gasteiger partial charge in [-0.25, -0.2) is 0 Å². The summed E-state index contributed by atoms with van der Waals surface area (Å²) >= 11 is 0. The van der Waals surface area contributed by atoms with Crippen LogP contribution < -0.4 is 5.32 Å². The lowest BCUT2D eigenvalue weighted by molar-refractivity contribution is -0.0772. The van der Waals surface area contributed by atoms with Crippen LogP contribution >= 0.6 is 0 Å². The number of rotatable bonds is 3. The van der Waals surface area contributed by atoms with Crippen molar-refractivity contribution < 1.29 is 9.47 Å². The molecule has 60 valence electrons. The van der Waals surface area contributed by atoms with Crippen LogP contribution in [0, 0.1) is 0 Å². The van der Waals surface area contributed by atoms with E-state index in [0.717, 1.165) is 19.5 Å². The minimum absolute atomic E-state index is 0.369. The van der Waals surface area contributed by atoms with E-state index in [4.69, 9.17) is 9.47 Å². The highest BCUT2D eigenvalue weighted by molar-refractivity contribution is 4.67. The highest BCUT2D eigenvalue weighted by Crippen LogP contribution is 2.04. The van der Waals surface area contributed by atoms with E-state index in [-0.39, 0.29) is 0 Å². The zero-order valence-electron chi connectivity index (χ0n) is 6.43. The van der Waals surface area contributed by atoms with E-state index < -0.39 is 0 Å². The van der Waals surface area contributed by atoms with Crippen LogP contribution in [-0.4, -0.2) is 33.1 Å². The highest BCUT2D eigenvalue weighted by atomic mass is 16.7. The Morgan fingerprint density at radius 1 is 1.60 bits per heavy atom. The first kappa shape index (κ1) is 7.98. The van der Waals surface area contributed by atoms with Crippen molar-refractivity contribution >= 4 is 0 Å². The molecule has 0 radical (unpaired) electrons. The van der Waals surface area contributed by atoms with E-state index in [1.165, 1.54) is 6.42 Å². The van der Waals surface area contributed by atoms with Crippen molar-refractivity contribution in [3.05, 3.63) is 0 Å². The maximum Gasteiger partial charge on any atom is 0.146 e. The molecule has 0 aliphatic carbocycles. The molecule has 0 aromatic rings. The van der Waals surface area contributed by atoms with Crippen molar-refractivity contribution in [2.24, 2.45) is 0 Å². The summed E-state index contributed by atoms with van der Waals surface area (Å²) in [6.45, 7) is 2.53. The summed E-state index contributed by atoms with van der Waals surface area (Å²) in [7, 11) is 1.65. The summed E-state index contributed by atoms with van der Waals surface area (Å²) in [5.41, 5.74) is 0. The van der Waals surface area contributed by atoms with Gasteiger partial charge in [0.1, 0.15) is 6.79 Å². The van der Waals surface area contributed by atoms with Crippen LogP contribution in [0.2, 0.25) is 0 Å². The number of hydrogen-bond acceptors (Lipinski definition) is 3. The van der Waals surface area contributed by atoms with Gasteiger partial charge in [0.25, 0.3) is 0 Å². The van der Waals surface area contributed by atoms with Crippen LogP contribution in [0.4, 0.5) is 0 Å². The second kappa shape index (κ2) is 4.66. The lowest BCUT2D eigenvalue weighted by Gasteiger charge is -2.22. The minimum Gasteiger partial charge on any atom is -0.359 e. The molecule has 0 amide bonds. The average molecular weight is 145 g/mol. The van der Waals surface area contributed by atoms with Gasteiger partial charge < -0.3 is 14.8 Å². The van der Waals surface area contributed by atoms with Crippen molar-refractivity contribution in [2.75, 3.05) is 27.0 Å². The van der Waals surface area contributed by atoms with Gasteiger partial charge in [-0.2, -0.15) is 0 Å². The van der Waals surface area contributed by atoms with Crippen LogP contribution in [-0.2, 0) is 9.47 Å². The van der Waals surface area contributed by atoms with Crippen molar-refractivity contribution in [3.63, 3.8) is 0 Å². The molecule has 1 rings (SSSR count). The summed E-state index contributed by atoms with van der Waals surface area (Å²) in [5.74, 6) is 0. The fourth-order valence-corrected chi connectivity index (χ4v) is 1.13. The van der Waals surface area contributed by atoms with E-state index in [1.807, 2.05) is 0 Å². The van der Waals surface area contributed by atoms with Crippen molar-refractivity contribution in [3.8, 4) is 0 Å². The average Bonchev–Trinajstić information content (AvgIpc) is 2.03. The maximum absolute atomic E-state index is 5.35. The minimum atomic E-state index is 0.369. The number of nitrogens with one attached hydrogen (secondary N) is 1. The molecule has 0 aromatic heterocycles. The lowest BCUT2D eigenvalue weighted by atomic mass is 10.1. The van der Waals surface area contributed by atoms with E-state index in [9.17, 15) is 0 Å². The third kappa shape index (κ3) is 2.64. The summed E-state index contributed by atoms with van der Waals surface area (Å²) in [4.78, 5) is 0. The quantitative estimate of drug-likeness (QED) is 0.582. The van der Waals surface area contributed by atoms with Gasteiger partial charge in [-0.3, -0.25) is 0 Å². The molecule has 0 aromatic carbocycles. The van der Waals surface area contributed by atoms with Gasteiger partial charge in [-0.15, -0.1) is 0 Å². The summed E-state index contributed by atoms with van der Waals surface area (Å²) in [6.07, 6.45) is 2.75. The molecular formula is C7H15NO2. The maximum atomic E-state index is 5.35. The Balaban J connectivity index is 2.02. The van der Waals surface area contributed by atoms with Crippen LogP contribution in [0.25, 0.3) is 0 Å². The topological polar surface area (TPSA) is 30.5 Å². The molecule has 1 unspecified atom stereocenters. The van der Waals surface area contributed by atoms with Crippen LogP contribution in [0.5, 0.6) is 0 Å². The first-order valence-corrected chi connectivity index (χ1v) is 3.74. The Morgan fingerprint density at radius 3 is 3.10 bits per heavy atom. The SMILES string of the molecule is COCOC1CCCNC1. The molecule has 10 heavy (non-hydrogen) atoms. The Kier molecular flexibility index (Phi) is 3.72. The molecule has 1 N–H and O–H groups in total. The summed E-state index contributed by atoms with van der Waals surface area (Å²) in [6, 6.07) is 0. The Morgan fingerprint density at radius 2 is 2.50 bits per heavy atom. The van der Waals surface area contributed by atoms with Crippen molar-refractivity contribution in [1.29, 1.82) is 0 Å². The second-order valence-corrected chi connectivity index (χ2v) is 2.54. The summed E-state index contributed by atoms with van der Waals surface area (Å²) < 4.78 is 10.1. The predicted molar refractivity (Wildman–Crippen MR) is 38.9 cm³/mol. The molecular weight excluding hydrogens is 130 g/mol. The van der Waals surface area contributed by atoms with Crippen LogP contribution in [0.1, 0.15) is 12.8 Å². The molecule has 1 saturated heterocycles. The number of ether oxygens (including phenoxy) is 2. The van der Waals surface area contributed by atoms with E-state index in [1.54, 1.807) is 7.11 Å². The normalized spacial score (nSPS) is 26.7. The monoisotopic (exact) mass is 145 g/mol. The predicted octanol–water partition coefficient (Wildman–Crippen LogP) is 0.359. The van der Waals surface area contributed by atoms with Gasteiger partial charge >= 0.3 is 0 Å². The lowest BCUT2D eigenvalue weighted by Crippen LogP contribution is -2.35. The summed E-state index contributed by atoms with van der Waals surface area (Å²) in [5, 5.41) is 3.26.